The fourth-order valence-corrected chi connectivity index (χ4v) is 5.57. The average molecular weight is 322 g/mol. The molecular weight excluding hydrogens is 306 g/mol. The fraction of sp³-hybridized carbons (Fsp3) is 0.583. The lowest BCUT2D eigenvalue weighted by molar-refractivity contribution is -0.121. The van der Waals surface area contributed by atoms with Gasteiger partial charge in [-0.3, -0.25) is 4.79 Å². The Labute approximate surface area is 122 Å². The SMILES string of the molecule is CC(=O)C1CCCN(S(=O)(=O)c2cc(C)c(Cl)s2)C1. The van der Waals surface area contributed by atoms with Crippen molar-refractivity contribution in [2.24, 2.45) is 5.92 Å². The van der Waals surface area contributed by atoms with Crippen molar-refractivity contribution < 1.29 is 13.2 Å². The number of aryl methyl sites for hydroxylation is 1. The molecule has 1 saturated heterocycles. The molecule has 0 bridgehead atoms. The summed E-state index contributed by atoms with van der Waals surface area (Å²) in [4.78, 5) is 11.4. The topological polar surface area (TPSA) is 54.5 Å². The summed E-state index contributed by atoms with van der Waals surface area (Å²) in [5.41, 5.74) is 0.769. The van der Waals surface area contributed by atoms with Crippen molar-refractivity contribution in [3.05, 3.63) is 16.0 Å². The zero-order chi connectivity index (χ0) is 14.2. The first-order valence-electron chi connectivity index (χ1n) is 6.09. The van der Waals surface area contributed by atoms with Gasteiger partial charge >= 0.3 is 0 Å². The maximum Gasteiger partial charge on any atom is 0.252 e. The van der Waals surface area contributed by atoms with Gasteiger partial charge in [-0.05, 0) is 38.3 Å². The monoisotopic (exact) mass is 321 g/mol. The molecule has 106 valence electrons. The first kappa shape index (κ1) is 15.0. The molecule has 0 N–H and O–H groups in total. The van der Waals surface area contributed by atoms with E-state index in [2.05, 4.69) is 0 Å². The molecular formula is C12H16ClNO3S2. The first-order chi connectivity index (χ1) is 8.82. The maximum absolute atomic E-state index is 12.5. The van der Waals surface area contributed by atoms with Crippen LogP contribution in [0.25, 0.3) is 0 Å². The Balaban J connectivity index is 2.26. The molecule has 0 aliphatic carbocycles. The molecule has 1 aliphatic rings. The Morgan fingerprint density at radius 1 is 1.53 bits per heavy atom. The summed E-state index contributed by atoms with van der Waals surface area (Å²) in [5, 5.41) is 0. The molecule has 7 heteroatoms. The highest BCUT2D eigenvalue weighted by atomic mass is 35.5. The second-order valence-electron chi connectivity index (χ2n) is 4.84. The molecule has 0 amide bonds. The van der Waals surface area contributed by atoms with Gasteiger partial charge in [0.2, 0.25) is 0 Å². The van der Waals surface area contributed by atoms with E-state index in [1.807, 2.05) is 0 Å². The van der Waals surface area contributed by atoms with E-state index >= 15 is 0 Å². The van der Waals surface area contributed by atoms with Crippen LogP contribution in [-0.2, 0) is 14.8 Å². The van der Waals surface area contributed by atoms with Gasteiger partial charge in [0.25, 0.3) is 10.0 Å². The Morgan fingerprint density at radius 3 is 2.74 bits per heavy atom. The van der Waals surface area contributed by atoms with Crippen LogP contribution in [0.2, 0.25) is 4.34 Å². The molecule has 4 nitrogen and oxygen atoms in total. The highest BCUT2D eigenvalue weighted by molar-refractivity contribution is 7.91. The molecule has 1 aromatic rings. The van der Waals surface area contributed by atoms with Crippen molar-refractivity contribution in [2.45, 2.75) is 30.9 Å². The van der Waals surface area contributed by atoms with Gasteiger partial charge in [0, 0.05) is 19.0 Å². The van der Waals surface area contributed by atoms with Crippen molar-refractivity contribution in [1.82, 2.24) is 4.31 Å². The van der Waals surface area contributed by atoms with Gasteiger partial charge in [0.15, 0.2) is 0 Å². The van der Waals surface area contributed by atoms with Crippen LogP contribution in [0.4, 0.5) is 0 Å². The van der Waals surface area contributed by atoms with Crippen molar-refractivity contribution >= 4 is 38.7 Å². The third-order valence-corrected chi connectivity index (χ3v) is 7.26. The van der Waals surface area contributed by atoms with E-state index in [-0.39, 0.29) is 22.5 Å². The molecule has 0 aromatic carbocycles. The minimum Gasteiger partial charge on any atom is -0.300 e. The molecule has 1 atom stereocenters. The molecule has 1 fully saturated rings. The highest BCUT2D eigenvalue weighted by Gasteiger charge is 2.33. The van der Waals surface area contributed by atoms with Crippen molar-refractivity contribution in [2.75, 3.05) is 13.1 Å². The number of hydrogen-bond donors (Lipinski definition) is 0. The van der Waals surface area contributed by atoms with Gasteiger partial charge < -0.3 is 0 Å². The van der Waals surface area contributed by atoms with Crippen LogP contribution in [0.3, 0.4) is 0 Å². The largest absolute Gasteiger partial charge is 0.300 e. The van der Waals surface area contributed by atoms with Gasteiger partial charge in [-0.25, -0.2) is 8.42 Å². The summed E-state index contributed by atoms with van der Waals surface area (Å²) in [6, 6.07) is 1.60. The Hall–Kier alpha value is -0.430. The minimum atomic E-state index is -3.51. The summed E-state index contributed by atoms with van der Waals surface area (Å²) in [5.74, 6) is -0.125. The molecule has 0 spiro atoms. The summed E-state index contributed by atoms with van der Waals surface area (Å²) in [6.45, 7) is 4.06. The van der Waals surface area contributed by atoms with Gasteiger partial charge in [-0.1, -0.05) is 11.6 Å². The molecule has 0 radical (unpaired) electrons. The number of nitrogens with zero attached hydrogens (tertiary/aromatic N) is 1. The lowest BCUT2D eigenvalue weighted by atomic mass is 9.96. The van der Waals surface area contributed by atoms with E-state index in [4.69, 9.17) is 11.6 Å². The normalized spacial score (nSPS) is 21.5. The van der Waals surface area contributed by atoms with E-state index in [0.717, 1.165) is 29.7 Å². The van der Waals surface area contributed by atoms with E-state index < -0.39 is 10.0 Å². The van der Waals surface area contributed by atoms with E-state index in [1.54, 1.807) is 13.0 Å². The van der Waals surface area contributed by atoms with Gasteiger partial charge in [0.1, 0.15) is 9.99 Å². The summed E-state index contributed by atoms with van der Waals surface area (Å²) >= 11 is 7.01. The van der Waals surface area contributed by atoms with Gasteiger partial charge in [-0.2, -0.15) is 4.31 Å². The number of Topliss-reactive ketones (excluding diaryl/α,β-unsaturated/α-hetero) is 1. The third-order valence-electron chi connectivity index (χ3n) is 3.39. The summed E-state index contributed by atoms with van der Waals surface area (Å²) in [6.07, 6.45) is 1.49. The molecule has 1 aliphatic heterocycles. The van der Waals surface area contributed by atoms with Crippen LogP contribution in [0.5, 0.6) is 0 Å². The second kappa shape index (κ2) is 5.52. The molecule has 0 saturated carbocycles. The number of carbonyl (C=O) groups is 1. The van der Waals surface area contributed by atoms with Gasteiger partial charge in [-0.15, -0.1) is 11.3 Å². The third kappa shape index (κ3) is 3.02. The van der Waals surface area contributed by atoms with Crippen LogP contribution < -0.4 is 0 Å². The average Bonchev–Trinajstić information content (AvgIpc) is 2.70. The standard InChI is InChI=1S/C12H16ClNO3S2/c1-8-6-11(18-12(8)13)19(16,17)14-5-3-4-10(7-14)9(2)15/h6,10H,3-5,7H2,1-2H3. The number of piperidine rings is 1. The van der Waals surface area contributed by atoms with Crippen molar-refractivity contribution in [1.29, 1.82) is 0 Å². The molecule has 1 aromatic heterocycles. The highest BCUT2D eigenvalue weighted by Crippen LogP contribution is 2.33. The Kier molecular flexibility index (Phi) is 4.35. The summed E-state index contributed by atoms with van der Waals surface area (Å²) in [7, 11) is -3.51. The lowest BCUT2D eigenvalue weighted by Crippen LogP contribution is -2.41. The number of ketones is 1. The zero-order valence-corrected chi connectivity index (χ0v) is 13.2. The van der Waals surface area contributed by atoms with Crippen molar-refractivity contribution in [3.8, 4) is 0 Å². The molecule has 2 rings (SSSR count). The second-order valence-corrected chi connectivity index (χ2v) is 8.65. The minimum absolute atomic E-state index is 0.0558. The van der Waals surface area contributed by atoms with Crippen LogP contribution in [-0.4, -0.2) is 31.6 Å². The van der Waals surface area contributed by atoms with E-state index in [0.29, 0.717) is 10.9 Å². The predicted octanol–water partition coefficient (Wildman–Crippen LogP) is 2.70. The number of hydrogen-bond acceptors (Lipinski definition) is 4. The smallest absolute Gasteiger partial charge is 0.252 e. The number of thiophene rings is 1. The fourth-order valence-electron chi connectivity index (χ4n) is 2.18. The number of sulfonamides is 1. The summed E-state index contributed by atoms with van der Waals surface area (Å²) < 4.78 is 27.1. The number of halogens is 1. The lowest BCUT2D eigenvalue weighted by Gasteiger charge is -2.30. The van der Waals surface area contributed by atoms with Crippen molar-refractivity contribution in [3.63, 3.8) is 0 Å². The Bertz CT molecular complexity index is 575. The molecule has 1 unspecified atom stereocenters. The van der Waals surface area contributed by atoms with Crippen LogP contribution in [0.1, 0.15) is 25.3 Å². The molecule has 2 heterocycles. The van der Waals surface area contributed by atoms with Crippen LogP contribution in [0.15, 0.2) is 10.3 Å². The van der Waals surface area contributed by atoms with Crippen LogP contribution in [0, 0.1) is 12.8 Å². The maximum atomic E-state index is 12.5. The van der Waals surface area contributed by atoms with Crippen LogP contribution >= 0.6 is 22.9 Å². The zero-order valence-electron chi connectivity index (χ0n) is 10.8. The molecule has 19 heavy (non-hydrogen) atoms. The number of carbonyl (C=O) groups excluding carboxylic acids is 1. The quantitative estimate of drug-likeness (QED) is 0.860. The van der Waals surface area contributed by atoms with Gasteiger partial charge in [0.05, 0.1) is 4.34 Å². The number of rotatable bonds is 3. The Morgan fingerprint density at radius 2 is 2.21 bits per heavy atom. The van der Waals surface area contributed by atoms with E-state index in [9.17, 15) is 13.2 Å². The van der Waals surface area contributed by atoms with E-state index in [1.165, 1.54) is 11.2 Å². The first-order valence-corrected chi connectivity index (χ1v) is 8.72. The predicted molar refractivity (Wildman–Crippen MR) is 76.2 cm³/mol.